The first-order chi connectivity index (χ1) is 17.1. The van der Waals surface area contributed by atoms with Crippen molar-refractivity contribution in [1.29, 1.82) is 0 Å². The minimum Gasteiger partial charge on any atom is -0.373 e. The quantitative estimate of drug-likeness (QED) is 0.617. The van der Waals surface area contributed by atoms with Crippen molar-refractivity contribution in [2.75, 3.05) is 46.4 Å². The second-order valence-corrected chi connectivity index (χ2v) is 12.3. The molecule has 3 amide bonds. The molecule has 4 aliphatic rings. The number of hydrogen-bond donors (Lipinski definition) is 1. The third-order valence-corrected chi connectivity index (χ3v) is 10.2. The number of halogens is 2. The van der Waals surface area contributed by atoms with Gasteiger partial charge in [-0.3, -0.25) is 4.79 Å². The highest BCUT2D eigenvalue weighted by Crippen LogP contribution is 2.39. The lowest BCUT2D eigenvalue weighted by Gasteiger charge is -2.44. The summed E-state index contributed by atoms with van der Waals surface area (Å²) in [5, 5.41) is 2.75. The van der Waals surface area contributed by atoms with Crippen molar-refractivity contribution in [3.05, 3.63) is 29.0 Å². The molecule has 198 valence electrons. The fourth-order valence-electron chi connectivity index (χ4n) is 5.62. The number of rotatable bonds is 3. The van der Waals surface area contributed by atoms with Crippen molar-refractivity contribution in [3.63, 3.8) is 0 Å². The SMILES string of the molecule is CN([C@H]1COC2(CCN(C(=O)N3CC[C@@H]4OCC(=O)N[C@@H]4C3)CC2)C1)S(=O)(=O)c1ccc(F)cc1Cl. The Labute approximate surface area is 214 Å². The van der Waals surface area contributed by atoms with Gasteiger partial charge in [-0.05, 0) is 43.9 Å². The average molecular weight is 545 g/mol. The minimum atomic E-state index is -3.93. The van der Waals surface area contributed by atoms with Gasteiger partial charge in [0.1, 0.15) is 17.3 Å². The summed E-state index contributed by atoms with van der Waals surface area (Å²) >= 11 is 6.02. The number of ether oxygens (including phenoxy) is 2. The molecule has 1 aromatic carbocycles. The molecule has 0 saturated carbocycles. The molecule has 4 heterocycles. The number of benzene rings is 1. The summed E-state index contributed by atoms with van der Waals surface area (Å²) in [7, 11) is -2.45. The zero-order valence-corrected chi connectivity index (χ0v) is 21.6. The van der Waals surface area contributed by atoms with Crippen LogP contribution in [0.15, 0.2) is 23.1 Å². The summed E-state index contributed by atoms with van der Waals surface area (Å²) in [5.74, 6) is -0.764. The van der Waals surface area contributed by atoms with Crippen LogP contribution in [0.5, 0.6) is 0 Å². The van der Waals surface area contributed by atoms with Crippen molar-refractivity contribution >= 4 is 33.6 Å². The Balaban J connectivity index is 1.17. The number of likely N-dealkylation sites (N-methyl/N-ethyl adjacent to an activating group) is 1. The summed E-state index contributed by atoms with van der Waals surface area (Å²) < 4.78 is 52.6. The number of nitrogens with zero attached hydrogens (tertiary/aromatic N) is 3. The Morgan fingerprint density at radius 2 is 2.00 bits per heavy atom. The van der Waals surface area contributed by atoms with Crippen molar-refractivity contribution in [1.82, 2.24) is 19.4 Å². The summed E-state index contributed by atoms with van der Waals surface area (Å²) in [6.45, 7) is 2.29. The summed E-state index contributed by atoms with van der Waals surface area (Å²) in [4.78, 5) is 28.2. The molecule has 0 bridgehead atoms. The van der Waals surface area contributed by atoms with Crippen molar-refractivity contribution in [2.45, 2.75) is 54.4 Å². The van der Waals surface area contributed by atoms with Crippen molar-refractivity contribution in [3.8, 4) is 0 Å². The molecular weight excluding hydrogens is 515 g/mol. The molecule has 36 heavy (non-hydrogen) atoms. The van der Waals surface area contributed by atoms with Crippen LogP contribution in [0.1, 0.15) is 25.7 Å². The van der Waals surface area contributed by atoms with Crippen LogP contribution in [0.25, 0.3) is 0 Å². The molecule has 0 aromatic heterocycles. The van der Waals surface area contributed by atoms with Gasteiger partial charge >= 0.3 is 6.03 Å². The topological polar surface area (TPSA) is 108 Å². The molecule has 4 saturated heterocycles. The molecular formula is C23H30ClFN4O6S. The standard InChI is InChI=1S/C23H30ClFN4O6S/c1-27(36(32,33)20-3-2-15(25)10-17(20)24)16-11-23(35-13-16)5-8-28(9-6-23)22(31)29-7-4-19-18(12-29)26-21(30)14-34-19/h2-3,10,16,18-19H,4-9,11-14H2,1H3,(H,26,30)/t16-,18-,19+/m1/s1. The van der Waals surface area contributed by atoms with E-state index < -0.39 is 27.5 Å². The van der Waals surface area contributed by atoms with E-state index in [1.807, 2.05) is 0 Å². The predicted octanol–water partition coefficient (Wildman–Crippen LogP) is 1.43. The third kappa shape index (κ3) is 4.81. The maximum Gasteiger partial charge on any atom is 0.320 e. The molecule has 1 N–H and O–H groups in total. The first-order valence-corrected chi connectivity index (χ1v) is 13.9. The number of fused-ring (bicyclic) bond motifs is 1. The number of piperidine rings is 2. The Bertz CT molecular complexity index is 1150. The molecule has 10 nitrogen and oxygen atoms in total. The molecule has 0 unspecified atom stereocenters. The maximum absolute atomic E-state index is 13.4. The van der Waals surface area contributed by atoms with Crippen molar-refractivity contribution in [2.24, 2.45) is 0 Å². The molecule has 5 rings (SSSR count). The van der Waals surface area contributed by atoms with Gasteiger partial charge in [-0.25, -0.2) is 17.6 Å². The molecule has 0 radical (unpaired) electrons. The van der Waals surface area contributed by atoms with Crippen LogP contribution in [-0.4, -0.2) is 105 Å². The van der Waals surface area contributed by atoms with Gasteiger partial charge < -0.3 is 24.6 Å². The van der Waals surface area contributed by atoms with Gasteiger partial charge in [-0.2, -0.15) is 4.31 Å². The zero-order chi connectivity index (χ0) is 25.7. The van der Waals surface area contributed by atoms with Gasteiger partial charge in [-0.15, -0.1) is 0 Å². The predicted molar refractivity (Wildman–Crippen MR) is 128 cm³/mol. The molecule has 0 aliphatic carbocycles. The van der Waals surface area contributed by atoms with Crippen LogP contribution < -0.4 is 5.32 Å². The largest absolute Gasteiger partial charge is 0.373 e. The highest BCUT2D eigenvalue weighted by atomic mass is 35.5. The van der Waals surface area contributed by atoms with E-state index in [1.165, 1.54) is 17.4 Å². The Hall–Kier alpha value is -1.99. The van der Waals surface area contributed by atoms with E-state index in [1.54, 1.807) is 9.80 Å². The van der Waals surface area contributed by atoms with E-state index in [2.05, 4.69) is 5.32 Å². The normalized spacial score (nSPS) is 28.3. The van der Waals surface area contributed by atoms with E-state index in [0.29, 0.717) is 51.9 Å². The second-order valence-electron chi connectivity index (χ2n) is 9.98. The lowest BCUT2D eigenvalue weighted by molar-refractivity contribution is -0.139. The number of urea groups is 1. The monoisotopic (exact) mass is 544 g/mol. The molecule has 1 spiro atoms. The van der Waals surface area contributed by atoms with Crippen molar-refractivity contribution < 1.29 is 31.9 Å². The van der Waals surface area contributed by atoms with E-state index in [0.717, 1.165) is 12.1 Å². The van der Waals surface area contributed by atoms with Crippen LogP contribution in [0.3, 0.4) is 0 Å². The molecule has 3 atom stereocenters. The van der Waals surface area contributed by atoms with Crippen LogP contribution in [-0.2, 0) is 24.3 Å². The van der Waals surface area contributed by atoms with Crippen LogP contribution in [0.2, 0.25) is 5.02 Å². The number of amides is 3. The smallest absolute Gasteiger partial charge is 0.320 e. The summed E-state index contributed by atoms with van der Waals surface area (Å²) in [6.07, 6.45) is 2.32. The number of nitrogens with one attached hydrogen (secondary N) is 1. The lowest BCUT2D eigenvalue weighted by Crippen LogP contribution is -2.63. The first kappa shape index (κ1) is 25.7. The number of hydrogen-bond acceptors (Lipinski definition) is 6. The number of sulfonamides is 1. The number of likely N-dealkylation sites (tertiary alicyclic amines) is 2. The fraction of sp³-hybridized carbons (Fsp3) is 0.652. The highest BCUT2D eigenvalue weighted by Gasteiger charge is 2.47. The lowest BCUT2D eigenvalue weighted by atomic mass is 9.87. The van der Waals surface area contributed by atoms with E-state index >= 15 is 0 Å². The fourth-order valence-corrected chi connectivity index (χ4v) is 7.46. The molecule has 4 fully saturated rings. The Kier molecular flexibility index (Phi) is 6.92. The number of carbonyl (C=O) groups excluding carboxylic acids is 2. The van der Waals surface area contributed by atoms with E-state index in [-0.39, 0.29) is 47.2 Å². The molecule has 13 heteroatoms. The second kappa shape index (κ2) is 9.71. The average Bonchev–Trinajstić information content (AvgIpc) is 3.26. The van der Waals surface area contributed by atoms with E-state index in [9.17, 15) is 22.4 Å². The van der Waals surface area contributed by atoms with Gasteiger partial charge in [0.2, 0.25) is 15.9 Å². The van der Waals surface area contributed by atoms with E-state index in [4.69, 9.17) is 21.1 Å². The minimum absolute atomic E-state index is 0.0572. The Morgan fingerprint density at radius 1 is 1.25 bits per heavy atom. The van der Waals surface area contributed by atoms with Gasteiger partial charge in [0, 0.05) is 33.2 Å². The molecule has 4 aliphatic heterocycles. The van der Waals surface area contributed by atoms with Gasteiger partial charge in [0.15, 0.2) is 0 Å². The third-order valence-electron chi connectivity index (χ3n) is 7.79. The highest BCUT2D eigenvalue weighted by molar-refractivity contribution is 7.89. The maximum atomic E-state index is 13.4. The first-order valence-electron chi connectivity index (χ1n) is 12.1. The van der Waals surface area contributed by atoms with Crippen LogP contribution >= 0.6 is 11.6 Å². The Morgan fingerprint density at radius 3 is 2.72 bits per heavy atom. The van der Waals surface area contributed by atoms with Gasteiger partial charge in [-0.1, -0.05) is 11.6 Å². The van der Waals surface area contributed by atoms with Crippen LogP contribution in [0.4, 0.5) is 9.18 Å². The zero-order valence-electron chi connectivity index (χ0n) is 20.0. The number of carbonyl (C=O) groups is 2. The van der Waals surface area contributed by atoms with Crippen LogP contribution in [0, 0.1) is 5.82 Å². The molecule has 1 aromatic rings. The number of morpholine rings is 1. The summed E-state index contributed by atoms with van der Waals surface area (Å²) in [6, 6.07) is 2.58. The van der Waals surface area contributed by atoms with Gasteiger partial charge in [0.05, 0.1) is 35.4 Å². The van der Waals surface area contributed by atoms with Gasteiger partial charge in [0.25, 0.3) is 0 Å². The summed E-state index contributed by atoms with van der Waals surface area (Å²) in [5.41, 5.74) is -0.504.